The number of rotatable bonds is 10. The van der Waals surface area contributed by atoms with E-state index in [0.29, 0.717) is 52.6 Å². The van der Waals surface area contributed by atoms with Crippen LogP contribution in [0, 0.1) is 5.92 Å². The van der Waals surface area contributed by atoms with Crippen molar-refractivity contribution < 1.29 is 23.8 Å². The number of ether oxygens (including phenoxy) is 3. The van der Waals surface area contributed by atoms with Gasteiger partial charge in [-0.1, -0.05) is 31.5 Å². The average Bonchev–Trinajstić information content (AvgIpc) is 2.71. The maximum atomic E-state index is 12.7. The second-order valence-corrected chi connectivity index (χ2v) is 7.33. The van der Waals surface area contributed by atoms with Crippen LogP contribution < -0.4 is 24.8 Å². The highest BCUT2D eigenvalue weighted by Gasteiger charge is 2.17. The average molecular weight is 435 g/mol. The monoisotopic (exact) mass is 434 g/mol. The van der Waals surface area contributed by atoms with Gasteiger partial charge in [-0.15, -0.1) is 0 Å². The molecule has 0 spiro atoms. The lowest BCUT2D eigenvalue weighted by molar-refractivity contribution is -0.122. The SMILES string of the molecule is CCNC(=O)COc1cccc(NC(=O)c2cc(Cl)c(OCC(C)C)c(OC)c2)c1. The minimum Gasteiger partial charge on any atom is -0.493 e. The number of anilines is 1. The molecule has 2 aromatic carbocycles. The molecular formula is C22H27ClN2O5. The van der Waals surface area contributed by atoms with Crippen LogP contribution in [0.4, 0.5) is 5.69 Å². The Labute approximate surface area is 181 Å². The van der Waals surface area contributed by atoms with Gasteiger partial charge in [0.2, 0.25) is 0 Å². The summed E-state index contributed by atoms with van der Waals surface area (Å²) in [6.45, 7) is 6.79. The van der Waals surface area contributed by atoms with Gasteiger partial charge >= 0.3 is 0 Å². The molecule has 30 heavy (non-hydrogen) atoms. The molecule has 2 rings (SSSR count). The fourth-order valence-electron chi connectivity index (χ4n) is 2.50. The lowest BCUT2D eigenvalue weighted by Gasteiger charge is -2.15. The number of benzene rings is 2. The lowest BCUT2D eigenvalue weighted by atomic mass is 10.1. The molecule has 0 radical (unpaired) electrons. The first kappa shape index (κ1) is 23.3. The topological polar surface area (TPSA) is 85.9 Å². The predicted molar refractivity (Wildman–Crippen MR) is 117 cm³/mol. The van der Waals surface area contributed by atoms with Crippen molar-refractivity contribution in [3.05, 3.63) is 47.0 Å². The molecule has 8 heteroatoms. The molecule has 0 unspecified atom stereocenters. The number of hydrogen-bond acceptors (Lipinski definition) is 5. The second-order valence-electron chi connectivity index (χ2n) is 6.92. The molecule has 0 aliphatic rings. The van der Waals surface area contributed by atoms with E-state index in [-0.39, 0.29) is 18.4 Å². The summed E-state index contributed by atoms with van der Waals surface area (Å²) in [4.78, 5) is 24.2. The van der Waals surface area contributed by atoms with E-state index in [1.165, 1.54) is 13.2 Å². The van der Waals surface area contributed by atoms with Crippen molar-refractivity contribution in [3.63, 3.8) is 0 Å². The van der Waals surface area contributed by atoms with E-state index in [4.69, 9.17) is 25.8 Å². The first-order valence-corrected chi connectivity index (χ1v) is 10.0. The van der Waals surface area contributed by atoms with Gasteiger partial charge in [0.1, 0.15) is 5.75 Å². The minimum absolute atomic E-state index is 0.101. The van der Waals surface area contributed by atoms with Crippen molar-refractivity contribution >= 4 is 29.1 Å². The Morgan fingerprint density at radius 1 is 1.13 bits per heavy atom. The Hall–Kier alpha value is -2.93. The number of methoxy groups -OCH3 is 1. The molecule has 2 N–H and O–H groups in total. The van der Waals surface area contributed by atoms with Gasteiger partial charge in [-0.25, -0.2) is 0 Å². The zero-order valence-corrected chi connectivity index (χ0v) is 18.3. The second kappa shape index (κ2) is 11.3. The first-order chi connectivity index (χ1) is 14.3. The van der Waals surface area contributed by atoms with Crippen molar-refractivity contribution in [2.24, 2.45) is 5.92 Å². The van der Waals surface area contributed by atoms with Gasteiger partial charge in [0, 0.05) is 23.9 Å². The molecule has 0 saturated carbocycles. The highest BCUT2D eigenvalue weighted by Crippen LogP contribution is 2.37. The van der Waals surface area contributed by atoms with Crippen LogP contribution >= 0.6 is 11.6 Å². The summed E-state index contributed by atoms with van der Waals surface area (Å²) in [5.74, 6) is 0.987. The Balaban J connectivity index is 2.11. The molecule has 2 amide bonds. The van der Waals surface area contributed by atoms with Crippen LogP contribution in [0.3, 0.4) is 0 Å². The molecular weight excluding hydrogens is 408 g/mol. The van der Waals surface area contributed by atoms with Gasteiger partial charge in [0.15, 0.2) is 18.1 Å². The van der Waals surface area contributed by atoms with E-state index in [0.717, 1.165) is 0 Å². The fraction of sp³-hybridized carbons (Fsp3) is 0.364. The van der Waals surface area contributed by atoms with Crippen LogP contribution in [0.1, 0.15) is 31.1 Å². The predicted octanol–water partition coefficient (Wildman–Crippen LogP) is 4.15. The number of likely N-dealkylation sites (N-methyl/N-ethyl adjacent to an activating group) is 1. The highest BCUT2D eigenvalue weighted by atomic mass is 35.5. The van der Waals surface area contributed by atoms with Crippen LogP contribution in [-0.2, 0) is 4.79 Å². The number of carbonyl (C=O) groups is 2. The van der Waals surface area contributed by atoms with E-state index in [2.05, 4.69) is 10.6 Å². The summed E-state index contributed by atoms with van der Waals surface area (Å²) in [6.07, 6.45) is 0. The molecule has 7 nitrogen and oxygen atoms in total. The van der Waals surface area contributed by atoms with Gasteiger partial charge in [-0.05, 0) is 37.1 Å². The van der Waals surface area contributed by atoms with E-state index < -0.39 is 0 Å². The van der Waals surface area contributed by atoms with E-state index in [1.54, 1.807) is 30.3 Å². The molecule has 2 aromatic rings. The normalized spacial score (nSPS) is 10.5. The quantitative estimate of drug-likeness (QED) is 0.586. The summed E-state index contributed by atoms with van der Waals surface area (Å²) in [7, 11) is 1.49. The third-order valence-corrected chi connectivity index (χ3v) is 4.17. The molecule has 0 fully saturated rings. The van der Waals surface area contributed by atoms with E-state index in [1.807, 2.05) is 20.8 Å². The van der Waals surface area contributed by atoms with Gasteiger partial charge < -0.3 is 24.8 Å². The van der Waals surface area contributed by atoms with Gasteiger partial charge in [-0.3, -0.25) is 9.59 Å². The zero-order chi connectivity index (χ0) is 22.1. The van der Waals surface area contributed by atoms with Crippen molar-refractivity contribution in [2.75, 3.05) is 32.2 Å². The highest BCUT2D eigenvalue weighted by molar-refractivity contribution is 6.32. The van der Waals surface area contributed by atoms with Crippen molar-refractivity contribution in [2.45, 2.75) is 20.8 Å². The molecule has 0 saturated heterocycles. The molecule has 0 bridgehead atoms. The third-order valence-electron chi connectivity index (χ3n) is 3.89. The summed E-state index contributed by atoms with van der Waals surface area (Å²) >= 11 is 6.32. The van der Waals surface area contributed by atoms with Crippen LogP contribution in [0.15, 0.2) is 36.4 Å². The molecule has 0 aliphatic carbocycles. The maximum Gasteiger partial charge on any atom is 0.257 e. The van der Waals surface area contributed by atoms with Crippen LogP contribution in [-0.4, -0.2) is 38.7 Å². The molecule has 0 atom stereocenters. The largest absolute Gasteiger partial charge is 0.493 e. The zero-order valence-electron chi connectivity index (χ0n) is 17.6. The van der Waals surface area contributed by atoms with Crippen LogP contribution in [0.2, 0.25) is 5.02 Å². The Morgan fingerprint density at radius 2 is 1.90 bits per heavy atom. The number of carbonyl (C=O) groups excluding carboxylic acids is 2. The summed E-state index contributed by atoms with van der Waals surface area (Å²) in [6, 6.07) is 9.89. The minimum atomic E-state index is -0.369. The number of amides is 2. The smallest absolute Gasteiger partial charge is 0.257 e. The van der Waals surface area contributed by atoms with Crippen molar-refractivity contribution in [1.82, 2.24) is 5.32 Å². The molecule has 0 aliphatic heterocycles. The molecule has 162 valence electrons. The van der Waals surface area contributed by atoms with Crippen molar-refractivity contribution in [3.8, 4) is 17.2 Å². The lowest BCUT2D eigenvalue weighted by Crippen LogP contribution is -2.28. The number of halogens is 1. The summed E-state index contributed by atoms with van der Waals surface area (Å²) in [5, 5.41) is 5.73. The first-order valence-electron chi connectivity index (χ1n) is 9.65. The van der Waals surface area contributed by atoms with Crippen LogP contribution in [0.5, 0.6) is 17.2 Å². The van der Waals surface area contributed by atoms with Gasteiger partial charge in [0.05, 0.1) is 18.7 Å². The Kier molecular flexibility index (Phi) is 8.80. The third kappa shape index (κ3) is 6.84. The maximum absolute atomic E-state index is 12.7. The number of hydrogen-bond donors (Lipinski definition) is 2. The molecule has 0 heterocycles. The van der Waals surface area contributed by atoms with Crippen molar-refractivity contribution in [1.29, 1.82) is 0 Å². The Morgan fingerprint density at radius 3 is 2.57 bits per heavy atom. The summed E-state index contributed by atoms with van der Waals surface area (Å²) in [5.41, 5.74) is 0.839. The summed E-state index contributed by atoms with van der Waals surface area (Å²) < 4.78 is 16.5. The van der Waals surface area contributed by atoms with Gasteiger partial charge in [-0.2, -0.15) is 0 Å². The number of nitrogens with one attached hydrogen (secondary N) is 2. The van der Waals surface area contributed by atoms with Crippen LogP contribution in [0.25, 0.3) is 0 Å². The standard InChI is InChI=1S/C22H27ClN2O5/c1-5-24-20(26)13-29-17-8-6-7-16(11-17)25-22(27)15-9-18(23)21(19(10-15)28-4)30-12-14(2)3/h6-11,14H,5,12-13H2,1-4H3,(H,24,26)(H,25,27). The Bertz CT molecular complexity index is 886. The van der Waals surface area contributed by atoms with Gasteiger partial charge in [0.25, 0.3) is 11.8 Å². The fourth-order valence-corrected chi connectivity index (χ4v) is 2.77. The molecule has 0 aromatic heterocycles. The van der Waals surface area contributed by atoms with E-state index >= 15 is 0 Å². The van der Waals surface area contributed by atoms with E-state index in [9.17, 15) is 9.59 Å².